The van der Waals surface area contributed by atoms with Gasteiger partial charge in [-0.15, -0.1) is 10.2 Å². The van der Waals surface area contributed by atoms with Crippen LogP contribution in [0.25, 0.3) is 17.0 Å². The molecule has 0 atom stereocenters. The first-order chi connectivity index (χ1) is 10.8. The predicted molar refractivity (Wildman–Crippen MR) is 85.7 cm³/mol. The minimum atomic E-state index is -0.281. The maximum atomic E-state index is 13.4. The van der Waals surface area contributed by atoms with Crippen molar-refractivity contribution in [3.05, 3.63) is 42.5 Å². The first-order valence-electron chi connectivity index (χ1n) is 7.11. The van der Waals surface area contributed by atoms with Crippen LogP contribution in [-0.4, -0.2) is 44.2 Å². The van der Waals surface area contributed by atoms with Crippen LogP contribution in [0.4, 0.5) is 10.2 Å². The molecule has 3 aromatic rings. The highest BCUT2D eigenvalue weighted by Crippen LogP contribution is 2.25. The predicted octanol–water partition coefficient (Wildman–Crippen LogP) is 2.48. The lowest BCUT2D eigenvalue weighted by Crippen LogP contribution is -2.33. The fourth-order valence-corrected chi connectivity index (χ4v) is 3.54. The number of rotatable bonds is 2. The SMILES string of the molecule is Fc1cccc(-c2nnc3c(N4CCSCC4)nccn23)c1. The zero-order valence-corrected chi connectivity index (χ0v) is 12.6. The third kappa shape index (κ3) is 2.31. The smallest absolute Gasteiger partial charge is 0.204 e. The molecule has 7 heteroatoms. The molecule has 0 bridgehead atoms. The highest BCUT2D eigenvalue weighted by Gasteiger charge is 2.18. The van der Waals surface area contributed by atoms with E-state index >= 15 is 0 Å². The van der Waals surface area contributed by atoms with Gasteiger partial charge in [-0.3, -0.25) is 4.40 Å². The standard InChI is InChI=1S/C15H14FN5S/c16-12-3-1-2-11(10-12)13-18-19-15-14(17-4-5-21(13)15)20-6-8-22-9-7-20/h1-5,10H,6-9H2. The Labute approximate surface area is 131 Å². The number of hydrogen-bond acceptors (Lipinski definition) is 5. The van der Waals surface area contributed by atoms with E-state index in [-0.39, 0.29) is 5.82 Å². The lowest BCUT2D eigenvalue weighted by Gasteiger charge is -2.27. The van der Waals surface area contributed by atoms with E-state index in [2.05, 4.69) is 20.1 Å². The van der Waals surface area contributed by atoms with Gasteiger partial charge < -0.3 is 4.90 Å². The minimum absolute atomic E-state index is 0.281. The van der Waals surface area contributed by atoms with Crippen LogP contribution in [0.15, 0.2) is 36.7 Å². The molecule has 2 aromatic heterocycles. The monoisotopic (exact) mass is 315 g/mol. The average molecular weight is 315 g/mol. The molecular formula is C15H14FN5S. The van der Waals surface area contributed by atoms with Crippen LogP contribution in [0.2, 0.25) is 0 Å². The molecule has 0 spiro atoms. The molecule has 0 N–H and O–H groups in total. The van der Waals surface area contributed by atoms with E-state index in [0.29, 0.717) is 17.0 Å². The summed E-state index contributed by atoms with van der Waals surface area (Å²) in [6.07, 6.45) is 3.56. The lowest BCUT2D eigenvalue weighted by molar-refractivity contribution is 0.628. The summed E-state index contributed by atoms with van der Waals surface area (Å²) in [6, 6.07) is 6.39. The van der Waals surface area contributed by atoms with Crippen LogP contribution in [0.1, 0.15) is 0 Å². The number of nitrogens with zero attached hydrogens (tertiary/aromatic N) is 5. The molecule has 1 fully saturated rings. The number of anilines is 1. The third-order valence-electron chi connectivity index (χ3n) is 3.70. The van der Waals surface area contributed by atoms with E-state index in [9.17, 15) is 4.39 Å². The number of thioether (sulfide) groups is 1. The molecule has 5 nitrogen and oxygen atoms in total. The fraction of sp³-hybridized carbons (Fsp3) is 0.267. The Morgan fingerprint density at radius 2 is 2.00 bits per heavy atom. The Bertz CT molecular complexity index is 813. The van der Waals surface area contributed by atoms with Crippen molar-refractivity contribution in [1.29, 1.82) is 0 Å². The highest BCUT2D eigenvalue weighted by molar-refractivity contribution is 7.99. The molecule has 0 unspecified atom stereocenters. The molecule has 112 valence electrons. The van der Waals surface area contributed by atoms with E-state index in [0.717, 1.165) is 30.4 Å². The molecule has 0 aliphatic carbocycles. The van der Waals surface area contributed by atoms with Gasteiger partial charge in [-0.2, -0.15) is 11.8 Å². The topological polar surface area (TPSA) is 46.3 Å². The first kappa shape index (κ1) is 13.5. The van der Waals surface area contributed by atoms with Crippen molar-refractivity contribution in [1.82, 2.24) is 19.6 Å². The summed E-state index contributed by atoms with van der Waals surface area (Å²) >= 11 is 1.95. The van der Waals surface area contributed by atoms with Gasteiger partial charge in [0.15, 0.2) is 11.6 Å². The Balaban J connectivity index is 1.83. The summed E-state index contributed by atoms with van der Waals surface area (Å²) < 4.78 is 15.3. The van der Waals surface area contributed by atoms with Crippen LogP contribution in [0, 0.1) is 5.82 Å². The second-order valence-electron chi connectivity index (χ2n) is 5.08. The third-order valence-corrected chi connectivity index (χ3v) is 4.64. The molecule has 1 aromatic carbocycles. The maximum absolute atomic E-state index is 13.4. The van der Waals surface area contributed by atoms with Crippen molar-refractivity contribution >= 4 is 23.2 Å². The van der Waals surface area contributed by atoms with Crippen molar-refractivity contribution < 1.29 is 4.39 Å². The number of fused-ring (bicyclic) bond motifs is 1. The molecule has 3 heterocycles. The Morgan fingerprint density at radius 1 is 1.14 bits per heavy atom. The van der Waals surface area contributed by atoms with Crippen molar-refractivity contribution in [2.24, 2.45) is 0 Å². The van der Waals surface area contributed by atoms with Gasteiger partial charge >= 0.3 is 0 Å². The van der Waals surface area contributed by atoms with Crippen molar-refractivity contribution in [3.8, 4) is 11.4 Å². The average Bonchev–Trinajstić information content (AvgIpc) is 3.00. The molecule has 22 heavy (non-hydrogen) atoms. The lowest BCUT2D eigenvalue weighted by atomic mass is 10.2. The van der Waals surface area contributed by atoms with Gasteiger partial charge in [-0.1, -0.05) is 12.1 Å². The number of benzene rings is 1. The van der Waals surface area contributed by atoms with Crippen molar-refractivity contribution in [2.45, 2.75) is 0 Å². The molecule has 0 saturated carbocycles. The van der Waals surface area contributed by atoms with E-state index < -0.39 is 0 Å². The largest absolute Gasteiger partial charge is 0.352 e. The van der Waals surface area contributed by atoms with Gasteiger partial charge in [0.05, 0.1) is 0 Å². The van der Waals surface area contributed by atoms with Crippen LogP contribution in [0.3, 0.4) is 0 Å². The molecular weight excluding hydrogens is 301 g/mol. The van der Waals surface area contributed by atoms with Gasteiger partial charge in [0.1, 0.15) is 5.82 Å². The molecule has 4 rings (SSSR count). The maximum Gasteiger partial charge on any atom is 0.204 e. The fourth-order valence-electron chi connectivity index (χ4n) is 2.64. The summed E-state index contributed by atoms with van der Waals surface area (Å²) in [5.74, 6) is 3.38. The Hall–Kier alpha value is -2.15. The summed E-state index contributed by atoms with van der Waals surface area (Å²) in [5, 5.41) is 8.52. The number of aromatic nitrogens is 4. The summed E-state index contributed by atoms with van der Waals surface area (Å²) in [4.78, 5) is 6.71. The zero-order chi connectivity index (χ0) is 14.9. The van der Waals surface area contributed by atoms with Crippen LogP contribution >= 0.6 is 11.8 Å². The van der Waals surface area contributed by atoms with Gasteiger partial charge in [-0.05, 0) is 12.1 Å². The van der Waals surface area contributed by atoms with Crippen molar-refractivity contribution in [3.63, 3.8) is 0 Å². The highest BCUT2D eigenvalue weighted by atomic mass is 32.2. The molecule has 1 aliphatic rings. The van der Waals surface area contributed by atoms with E-state index in [1.54, 1.807) is 12.3 Å². The molecule has 0 radical (unpaired) electrons. The quantitative estimate of drug-likeness (QED) is 0.727. The second-order valence-corrected chi connectivity index (χ2v) is 6.30. The van der Waals surface area contributed by atoms with E-state index in [1.165, 1.54) is 12.1 Å². The van der Waals surface area contributed by atoms with Gasteiger partial charge in [0.2, 0.25) is 5.65 Å². The molecule has 1 saturated heterocycles. The van der Waals surface area contributed by atoms with E-state index in [1.807, 2.05) is 28.4 Å². The zero-order valence-electron chi connectivity index (χ0n) is 11.8. The van der Waals surface area contributed by atoms with Gasteiger partial charge in [0, 0.05) is 42.6 Å². The van der Waals surface area contributed by atoms with Gasteiger partial charge in [-0.25, -0.2) is 9.37 Å². The number of halogens is 1. The van der Waals surface area contributed by atoms with Crippen molar-refractivity contribution in [2.75, 3.05) is 29.5 Å². The summed E-state index contributed by atoms with van der Waals surface area (Å²) in [7, 11) is 0. The summed E-state index contributed by atoms with van der Waals surface area (Å²) in [5.41, 5.74) is 1.42. The summed E-state index contributed by atoms with van der Waals surface area (Å²) in [6.45, 7) is 1.92. The van der Waals surface area contributed by atoms with Crippen LogP contribution in [-0.2, 0) is 0 Å². The Morgan fingerprint density at radius 3 is 2.82 bits per heavy atom. The first-order valence-corrected chi connectivity index (χ1v) is 8.27. The normalized spacial score (nSPS) is 15.4. The Kier molecular flexibility index (Phi) is 3.42. The molecule has 1 aliphatic heterocycles. The van der Waals surface area contributed by atoms with Crippen LogP contribution < -0.4 is 4.90 Å². The van der Waals surface area contributed by atoms with Gasteiger partial charge in [0.25, 0.3) is 0 Å². The van der Waals surface area contributed by atoms with Crippen LogP contribution in [0.5, 0.6) is 0 Å². The molecule has 0 amide bonds. The minimum Gasteiger partial charge on any atom is -0.352 e. The van der Waals surface area contributed by atoms with E-state index in [4.69, 9.17) is 0 Å². The number of hydrogen-bond donors (Lipinski definition) is 0. The second kappa shape index (κ2) is 5.57.